The predicted octanol–water partition coefficient (Wildman–Crippen LogP) is 2.91. The van der Waals surface area contributed by atoms with Crippen molar-refractivity contribution >= 4 is 40.6 Å². The van der Waals surface area contributed by atoms with Gasteiger partial charge in [-0.1, -0.05) is 18.2 Å². The third kappa shape index (κ3) is 4.99. The van der Waals surface area contributed by atoms with Crippen LogP contribution in [0.2, 0.25) is 0 Å². The Hall–Kier alpha value is -1.99. The molecule has 132 valence electrons. The highest BCUT2D eigenvalue weighted by atomic mass is 32.2. The minimum Gasteiger partial charge on any atom is -0.482 e. The lowest BCUT2D eigenvalue weighted by Gasteiger charge is -2.29. The van der Waals surface area contributed by atoms with Crippen molar-refractivity contribution in [2.75, 3.05) is 30.3 Å². The maximum absolute atomic E-state index is 12.0. The Balaban J connectivity index is 1.38. The number of anilines is 1. The molecule has 1 aliphatic rings. The molecule has 2 aromatic rings. The van der Waals surface area contributed by atoms with Crippen LogP contribution in [0, 0.1) is 0 Å². The highest BCUT2D eigenvalue weighted by molar-refractivity contribution is 7.98. The molecule has 1 N–H and O–H groups in total. The molecule has 1 aliphatic heterocycles. The van der Waals surface area contributed by atoms with Crippen LogP contribution in [-0.4, -0.2) is 37.3 Å². The molecule has 7 heteroatoms. The normalized spacial score (nSPS) is 13.3. The van der Waals surface area contributed by atoms with Gasteiger partial charge in [0.25, 0.3) is 5.91 Å². The molecule has 2 amide bonds. The van der Waals surface area contributed by atoms with E-state index in [0.29, 0.717) is 18.8 Å². The maximum atomic E-state index is 12.0. The highest BCUT2D eigenvalue weighted by Gasteiger charge is 2.25. The van der Waals surface area contributed by atoms with Crippen LogP contribution in [0.25, 0.3) is 0 Å². The van der Waals surface area contributed by atoms with Crippen LogP contribution in [0.5, 0.6) is 5.75 Å². The zero-order valence-corrected chi connectivity index (χ0v) is 15.4. The fraction of sp³-hybridized carbons (Fsp3) is 0.333. The Bertz CT molecular complexity index is 719. The number of amides is 2. The number of nitrogens with one attached hydrogen (secondary N) is 1. The molecule has 5 nitrogen and oxygen atoms in total. The number of hydrogen-bond acceptors (Lipinski definition) is 5. The number of fused-ring (bicyclic) bond motifs is 1. The van der Waals surface area contributed by atoms with Gasteiger partial charge in [-0.25, -0.2) is 0 Å². The molecule has 0 saturated carbocycles. The van der Waals surface area contributed by atoms with Gasteiger partial charge in [0.15, 0.2) is 6.61 Å². The van der Waals surface area contributed by atoms with Crippen molar-refractivity contribution in [3.63, 3.8) is 0 Å². The van der Waals surface area contributed by atoms with Crippen LogP contribution in [0.3, 0.4) is 0 Å². The van der Waals surface area contributed by atoms with Crippen molar-refractivity contribution in [1.82, 2.24) is 5.32 Å². The summed E-state index contributed by atoms with van der Waals surface area (Å²) in [7, 11) is 0. The van der Waals surface area contributed by atoms with E-state index in [1.54, 1.807) is 28.0 Å². The molecule has 0 fully saturated rings. The number of thioether (sulfide) groups is 1. The van der Waals surface area contributed by atoms with Gasteiger partial charge < -0.3 is 15.0 Å². The average molecular weight is 377 g/mol. The first-order chi connectivity index (χ1) is 12.2. The van der Waals surface area contributed by atoms with Gasteiger partial charge in [-0.3, -0.25) is 9.59 Å². The van der Waals surface area contributed by atoms with E-state index in [4.69, 9.17) is 4.74 Å². The number of ether oxygens (including phenoxy) is 1. The smallest absolute Gasteiger partial charge is 0.265 e. The first kappa shape index (κ1) is 17.8. The zero-order chi connectivity index (χ0) is 17.5. The lowest BCUT2D eigenvalue weighted by molar-refractivity contribution is -0.122. The molecular formula is C18H20N2O3S2. The third-order valence-electron chi connectivity index (χ3n) is 3.76. The Kier molecular flexibility index (Phi) is 6.36. The average Bonchev–Trinajstić information content (AvgIpc) is 3.14. The minimum absolute atomic E-state index is 0.0258. The van der Waals surface area contributed by atoms with E-state index in [1.807, 2.05) is 30.3 Å². The van der Waals surface area contributed by atoms with Gasteiger partial charge in [-0.15, -0.1) is 11.3 Å². The lowest BCUT2D eigenvalue weighted by Crippen LogP contribution is -2.41. The van der Waals surface area contributed by atoms with Crippen molar-refractivity contribution in [2.24, 2.45) is 0 Å². The Morgan fingerprint density at radius 1 is 1.28 bits per heavy atom. The SMILES string of the molecule is O=C(CCN1C(=O)COc2ccccc21)NCCSCc1cccs1. The Morgan fingerprint density at radius 3 is 3.00 bits per heavy atom. The summed E-state index contributed by atoms with van der Waals surface area (Å²) in [5.74, 6) is 2.40. The van der Waals surface area contributed by atoms with E-state index >= 15 is 0 Å². The molecule has 0 unspecified atom stereocenters. The van der Waals surface area contributed by atoms with Gasteiger partial charge in [0.1, 0.15) is 5.75 Å². The van der Waals surface area contributed by atoms with E-state index in [1.165, 1.54) is 4.88 Å². The minimum atomic E-state index is -0.113. The monoisotopic (exact) mass is 376 g/mol. The molecule has 0 spiro atoms. The van der Waals surface area contributed by atoms with Crippen molar-refractivity contribution in [2.45, 2.75) is 12.2 Å². The highest BCUT2D eigenvalue weighted by Crippen LogP contribution is 2.31. The van der Waals surface area contributed by atoms with Crippen molar-refractivity contribution in [3.8, 4) is 5.75 Å². The Morgan fingerprint density at radius 2 is 2.16 bits per heavy atom. The standard InChI is InChI=1S/C18H20N2O3S2/c21-17(19-8-11-24-13-14-4-3-10-25-14)7-9-20-15-5-1-2-6-16(15)23-12-18(20)22/h1-6,10H,7-9,11-13H2,(H,19,21). The molecule has 0 aliphatic carbocycles. The van der Waals surface area contributed by atoms with Crippen LogP contribution < -0.4 is 15.0 Å². The van der Waals surface area contributed by atoms with Gasteiger partial charge in [0.05, 0.1) is 5.69 Å². The van der Waals surface area contributed by atoms with E-state index in [2.05, 4.69) is 16.8 Å². The maximum Gasteiger partial charge on any atom is 0.265 e. The summed E-state index contributed by atoms with van der Waals surface area (Å²) in [5.41, 5.74) is 0.734. The molecule has 0 radical (unpaired) electrons. The molecule has 1 aromatic carbocycles. The molecule has 0 atom stereocenters. The van der Waals surface area contributed by atoms with E-state index in [9.17, 15) is 9.59 Å². The van der Waals surface area contributed by atoms with E-state index < -0.39 is 0 Å². The van der Waals surface area contributed by atoms with Gasteiger partial charge in [-0.2, -0.15) is 11.8 Å². The lowest BCUT2D eigenvalue weighted by atomic mass is 10.2. The van der Waals surface area contributed by atoms with Crippen molar-refractivity contribution in [3.05, 3.63) is 46.7 Å². The van der Waals surface area contributed by atoms with Crippen LogP contribution in [0.15, 0.2) is 41.8 Å². The number of hydrogen-bond donors (Lipinski definition) is 1. The summed E-state index contributed by atoms with van der Waals surface area (Å²) in [6, 6.07) is 11.6. The molecular weight excluding hydrogens is 356 g/mol. The summed E-state index contributed by atoms with van der Waals surface area (Å²) in [5, 5.41) is 4.99. The van der Waals surface area contributed by atoms with Crippen LogP contribution in [0.4, 0.5) is 5.69 Å². The van der Waals surface area contributed by atoms with Crippen molar-refractivity contribution < 1.29 is 14.3 Å². The number of para-hydroxylation sites is 2. The second-order valence-electron chi connectivity index (χ2n) is 5.53. The van der Waals surface area contributed by atoms with E-state index in [0.717, 1.165) is 17.2 Å². The zero-order valence-electron chi connectivity index (χ0n) is 13.8. The largest absolute Gasteiger partial charge is 0.482 e. The topological polar surface area (TPSA) is 58.6 Å². The molecule has 25 heavy (non-hydrogen) atoms. The molecule has 0 saturated heterocycles. The summed E-state index contributed by atoms with van der Waals surface area (Å²) < 4.78 is 5.40. The summed E-state index contributed by atoms with van der Waals surface area (Å²) in [6.07, 6.45) is 0.287. The number of benzene rings is 1. The number of carbonyl (C=O) groups excluding carboxylic acids is 2. The molecule has 1 aromatic heterocycles. The van der Waals surface area contributed by atoms with Crippen LogP contribution in [-0.2, 0) is 15.3 Å². The third-order valence-corrected chi connectivity index (χ3v) is 5.83. The first-order valence-corrected chi connectivity index (χ1v) is 10.2. The molecule has 0 bridgehead atoms. The second kappa shape index (κ2) is 8.92. The number of rotatable bonds is 8. The van der Waals surface area contributed by atoms with Gasteiger partial charge >= 0.3 is 0 Å². The van der Waals surface area contributed by atoms with Gasteiger partial charge in [0, 0.05) is 35.9 Å². The fourth-order valence-corrected chi connectivity index (χ4v) is 4.23. The van der Waals surface area contributed by atoms with Crippen LogP contribution in [0.1, 0.15) is 11.3 Å². The number of nitrogens with zero attached hydrogens (tertiary/aromatic N) is 1. The van der Waals surface area contributed by atoms with Gasteiger partial charge in [-0.05, 0) is 23.6 Å². The molecule has 3 rings (SSSR count). The predicted molar refractivity (Wildman–Crippen MR) is 102 cm³/mol. The van der Waals surface area contributed by atoms with Crippen molar-refractivity contribution in [1.29, 1.82) is 0 Å². The quantitative estimate of drug-likeness (QED) is 0.720. The summed E-state index contributed by atoms with van der Waals surface area (Å²) in [4.78, 5) is 27.0. The second-order valence-corrected chi connectivity index (χ2v) is 7.67. The van der Waals surface area contributed by atoms with Crippen LogP contribution >= 0.6 is 23.1 Å². The number of thiophene rings is 1. The number of carbonyl (C=O) groups is 2. The Labute approximate surface area is 155 Å². The first-order valence-electron chi connectivity index (χ1n) is 8.13. The summed E-state index contributed by atoms with van der Waals surface area (Å²) in [6.45, 7) is 1.04. The van der Waals surface area contributed by atoms with Gasteiger partial charge in [0.2, 0.25) is 5.91 Å². The van der Waals surface area contributed by atoms with E-state index in [-0.39, 0.29) is 24.8 Å². The molecule has 2 heterocycles. The fourth-order valence-electron chi connectivity index (χ4n) is 2.53. The summed E-state index contributed by atoms with van der Waals surface area (Å²) >= 11 is 3.55.